The third kappa shape index (κ3) is 9.49. The zero-order valence-corrected chi connectivity index (χ0v) is 29.9. The van der Waals surface area contributed by atoms with Crippen molar-refractivity contribution in [3.8, 4) is 11.5 Å². The molecule has 2 heterocycles. The maximum atomic E-state index is 14.4. The Balaban J connectivity index is 1.63. The summed E-state index contributed by atoms with van der Waals surface area (Å²) in [6.07, 6.45) is 2.06. The average molecular weight is 687 g/mol. The van der Waals surface area contributed by atoms with Crippen LogP contribution in [0.4, 0.5) is 5.69 Å². The second-order valence-corrected chi connectivity index (χ2v) is 14.4. The van der Waals surface area contributed by atoms with E-state index in [0.717, 1.165) is 30.6 Å². The van der Waals surface area contributed by atoms with Gasteiger partial charge in [-0.3, -0.25) is 14.4 Å². The molecule has 2 aromatic carbocycles. The maximum Gasteiger partial charge on any atom is 0.267 e. The van der Waals surface area contributed by atoms with Crippen LogP contribution < -0.4 is 14.2 Å². The van der Waals surface area contributed by atoms with Gasteiger partial charge in [-0.1, -0.05) is 24.2 Å². The first-order chi connectivity index (χ1) is 22.8. The van der Waals surface area contributed by atoms with Gasteiger partial charge in [0.1, 0.15) is 17.2 Å². The molecule has 4 rings (SSSR count). The number of sulfonamides is 1. The fourth-order valence-corrected chi connectivity index (χ4v) is 7.31. The molecule has 1 aliphatic rings. The molecule has 0 spiro atoms. The van der Waals surface area contributed by atoms with Crippen molar-refractivity contribution >= 4 is 21.6 Å². The summed E-state index contributed by atoms with van der Waals surface area (Å²) in [7, 11) is -0.369. The summed E-state index contributed by atoms with van der Waals surface area (Å²) in [5.74, 6) is 0.827. The lowest BCUT2D eigenvalue weighted by Crippen LogP contribution is -2.47. The Hall–Kier alpha value is -3.65. The first kappa shape index (κ1) is 37.2. The van der Waals surface area contributed by atoms with Crippen LogP contribution in [-0.2, 0) is 21.3 Å². The fraction of sp³-hybridized carbons (Fsp3) is 0.543. The number of benzene rings is 2. The van der Waals surface area contributed by atoms with E-state index in [1.54, 1.807) is 38.0 Å². The number of methoxy groups -OCH3 is 1. The van der Waals surface area contributed by atoms with Crippen LogP contribution in [0.3, 0.4) is 0 Å². The smallest absolute Gasteiger partial charge is 0.267 e. The molecule has 13 heteroatoms. The number of ether oxygens (including phenoxy) is 3. The minimum atomic E-state index is -4.06. The minimum Gasteiger partial charge on any atom is -0.497 e. The molecule has 1 aromatic heterocycles. The summed E-state index contributed by atoms with van der Waals surface area (Å²) >= 11 is 0. The van der Waals surface area contributed by atoms with E-state index in [1.807, 2.05) is 38.2 Å². The largest absolute Gasteiger partial charge is 0.497 e. The summed E-state index contributed by atoms with van der Waals surface area (Å²) in [6, 6.07) is 12.1. The third-order valence-electron chi connectivity index (χ3n) is 8.64. The molecule has 0 saturated heterocycles. The zero-order valence-electron chi connectivity index (χ0n) is 29.1. The molecule has 0 aliphatic carbocycles. The number of rotatable bonds is 10. The topological polar surface area (TPSA) is 144 Å². The van der Waals surface area contributed by atoms with E-state index in [4.69, 9.17) is 18.7 Å². The van der Waals surface area contributed by atoms with Crippen LogP contribution in [0.25, 0.3) is 0 Å². The first-order valence-electron chi connectivity index (χ1n) is 16.4. The Kier molecular flexibility index (Phi) is 12.9. The van der Waals surface area contributed by atoms with Gasteiger partial charge >= 0.3 is 0 Å². The summed E-state index contributed by atoms with van der Waals surface area (Å²) in [5.41, 5.74) is 1.75. The number of aryl methyl sites for hydroxylation is 2. The van der Waals surface area contributed by atoms with Crippen LogP contribution in [0.1, 0.15) is 67.4 Å². The van der Waals surface area contributed by atoms with Crippen LogP contribution in [0.15, 0.2) is 51.9 Å². The van der Waals surface area contributed by atoms with Gasteiger partial charge in [0.05, 0.1) is 37.5 Å². The predicted molar refractivity (Wildman–Crippen MR) is 183 cm³/mol. The van der Waals surface area contributed by atoms with Crippen LogP contribution in [0.2, 0.25) is 0 Å². The number of anilines is 1. The van der Waals surface area contributed by atoms with Gasteiger partial charge in [0, 0.05) is 37.8 Å². The van der Waals surface area contributed by atoms with Gasteiger partial charge in [-0.2, -0.15) is 0 Å². The second-order valence-electron chi connectivity index (χ2n) is 12.8. The van der Waals surface area contributed by atoms with Crippen LogP contribution in [0.5, 0.6) is 11.5 Å². The van der Waals surface area contributed by atoms with Crippen LogP contribution >= 0.6 is 0 Å². The molecule has 0 radical (unpaired) electrons. The lowest BCUT2D eigenvalue weighted by Gasteiger charge is -2.36. The molecular weight excluding hydrogens is 636 g/mol. The maximum absolute atomic E-state index is 14.4. The van der Waals surface area contributed by atoms with Gasteiger partial charge < -0.3 is 28.7 Å². The number of aliphatic hydroxyl groups excluding tert-OH is 1. The van der Waals surface area contributed by atoms with Crippen molar-refractivity contribution < 1.29 is 37.1 Å². The highest BCUT2D eigenvalue weighted by Gasteiger charge is 2.31. The Morgan fingerprint density at radius 1 is 1.15 bits per heavy atom. The number of fused-ring (bicyclic) bond motifs is 1. The monoisotopic (exact) mass is 686 g/mol. The van der Waals surface area contributed by atoms with Crippen molar-refractivity contribution in [3.05, 3.63) is 65.0 Å². The summed E-state index contributed by atoms with van der Waals surface area (Å²) in [6.45, 7) is 10.8. The lowest BCUT2D eigenvalue weighted by molar-refractivity contribution is -0.0177. The van der Waals surface area contributed by atoms with E-state index in [-0.39, 0.29) is 58.2 Å². The van der Waals surface area contributed by atoms with Crippen molar-refractivity contribution in [3.63, 3.8) is 0 Å². The zero-order chi connectivity index (χ0) is 35.0. The number of amides is 1. The van der Waals surface area contributed by atoms with E-state index in [2.05, 4.69) is 21.7 Å². The number of carbonyl (C=O) groups excluding carboxylic acids is 1. The number of hydrogen-bond donors (Lipinski definition) is 2. The molecule has 0 saturated carbocycles. The lowest BCUT2D eigenvalue weighted by atomic mass is 10.0. The second kappa shape index (κ2) is 16.6. The molecule has 2 N–H and O–H groups in total. The fourth-order valence-electron chi connectivity index (χ4n) is 5.93. The van der Waals surface area contributed by atoms with Crippen molar-refractivity contribution in [1.82, 2.24) is 15.0 Å². The van der Waals surface area contributed by atoms with Crippen molar-refractivity contribution in [1.29, 1.82) is 0 Å². The molecule has 0 bridgehead atoms. The van der Waals surface area contributed by atoms with Gasteiger partial charge in [-0.15, -0.1) is 0 Å². The molecule has 0 unspecified atom stereocenters. The summed E-state index contributed by atoms with van der Waals surface area (Å²) in [5, 5.41) is 14.0. The van der Waals surface area contributed by atoms with Crippen LogP contribution in [-0.4, -0.2) is 93.1 Å². The number of hydrogen-bond acceptors (Lipinski definition) is 10. The molecule has 1 aliphatic heterocycles. The highest BCUT2D eigenvalue weighted by atomic mass is 32.2. The molecule has 264 valence electrons. The van der Waals surface area contributed by atoms with Gasteiger partial charge in [-0.05, 0) is 89.9 Å². The van der Waals surface area contributed by atoms with Gasteiger partial charge in [0.15, 0.2) is 10.7 Å². The van der Waals surface area contributed by atoms with Gasteiger partial charge in [0.25, 0.3) is 15.9 Å². The first-order valence-corrected chi connectivity index (χ1v) is 17.9. The third-order valence-corrected chi connectivity index (χ3v) is 10.3. The number of aromatic nitrogens is 1. The molecule has 4 atom stereocenters. The highest BCUT2D eigenvalue weighted by molar-refractivity contribution is 7.92. The van der Waals surface area contributed by atoms with Crippen molar-refractivity contribution in [2.24, 2.45) is 5.92 Å². The Morgan fingerprint density at radius 2 is 1.88 bits per heavy atom. The SMILES string of the molecule is COc1ccc(CN(C)C[C@@H]2OCCCC[C@@H](C)Oc3ccc(NS(=O)(=O)c4c(C)noc4C)cc3C(=O)N([C@H](C)CO)C[C@@H]2C)cc1. The van der Waals surface area contributed by atoms with E-state index in [9.17, 15) is 18.3 Å². The van der Waals surface area contributed by atoms with Gasteiger partial charge in [0.2, 0.25) is 0 Å². The molecular formula is C35H50N4O8S. The molecule has 48 heavy (non-hydrogen) atoms. The van der Waals surface area contributed by atoms with Crippen molar-refractivity contribution in [2.75, 3.05) is 45.2 Å². The standard InChI is InChI=1S/C35H50N4O8S/c1-23-19-39(24(2)22-40)35(41)31-18-29(37-48(42,43)34-26(4)36-47-27(34)5)13-16-32(31)46-25(3)10-8-9-17-45-33(23)21-38(6)20-28-11-14-30(44-7)15-12-28/h11-16,18,23-25,33,37,40H,8-10,17,19-22H2,1-7H3/t23-,24+,25+,33-/m0/s1. The Labute approximate surface area is 284 Å². The Bertz CT molecular complexity index is 1590. The summed E-state index contributed by atoms with van der Waals surface area (Å²) in [4.78, 5) is 18.2. The number of likely N-dealkylation sites (N-methyl/N-ethyl adjacent to an activating group) is 1. The molecule has 12 nitrogen and oxygen atoms in total. The quantitative estimate of drug-likeness (QED) is 0.298. The van der Waals surface area contributed by atoms with E-state index < -0.39 is 16.1 Å². The molecule has 3 aromatic rings. The van der Waals surface area contributed by atoms with E-state index in [0.29, 0.717) is 32.0 Å². The molecule has 1 amide bonds. The molecule has 0 fully saturated rings. The summed E-state index contributed by atoms with van der Waals surface area (Å²) < 4.78 is 52.3. The van der Waals surface area contributed by atoms with E-state index >= 15 is 0 Å². The Morgan fingerprint density at radius 3 is 2.52 bits per heavy atom. The number of aliphatic hydroxyl groups is 1. The number of nitrogens with one attached hydrogen (secondary N) is 1. The minimum absolute atomic E-state index is 0.0499. The predicted octanol–water partition coefficient (Wildman–Crippen LogP) is 5.03. The van der Waals surface area contributed by atoms with Crippen molar-refractivity contribution in [2.45, 2.75) is 83.6 Å². The van der Waals surface area contributed by atoms with Gasteiger partial charge in [-0.25, -0.2) is 8.42 Å². The highest BCUT2D eigenvalue weighted by Crippen LogP contribution is 2.30. The average Bonchev–Trinajstić information content (AvgIpc) is 3.40. The van der Waals surface area contributed by atoms with Crippen LogP contribution in [0, 0.1) is 19.8 Å². The normalized spacial score (nSPS) is 20.5. The van der Waals surface area contributed by atoms with E-state index in [1.165, 1.54) is 13.0 Å². The number of carbonyl (C=O) groups is 1. The number of nitrogens with zero attached hydrogens (tertiary/aromatic N) is 3.